The lowest BCUT2D eigenvalue weighted by Crippen LogP contribution is -2.34. The van der Waals surface area contributed by atoms with E-state index in [4.69, 9.17) is 10.5 Å². The van der Waals surface area contributed by atoms with Crippen molar-refractivity contribution in [3.8, 4) is 0 Å². The number of anilines is 2. The summed E-state index contributed by atoms with van der Waals surface area (Å²) in [7, 11) is 0. The summed E-state index contributed by atoms with van der Waals surface area (Å²) >= 11 is 0. The van der Waals surface area contributed by atoms with Gasteiger partial charge in [0.2, 0.25) is 17.7 Å². The lowest BCUT2D eigenvalue weighted by molar-refractivity contribution is -0.384. The molecule has 1 aliphatic heterocycles. The highest BCUT2D eigenvalue weighted by Gasteiger charge is 2.28. The molecule has 2 heterocycles. The first kappa shape index (κ1) is 19.3. The zero-order chi connectivity index (χ0) is 19.4. The van der Waals surface area contributed by atoms with E-state index in [-0.39, 0.29) is 41.5 Å². The van der Waals surface area contributed by atoms with E-state index in [0.717, 1.165) is 25.7 Å². The Morgan fingerprint density at radius 1 is 1.26 bits per heavy atom. The van der Waals surface area contributed by atoms with Crippen LogP contribution in [0.3, 0.4) is 0 Å². The molecule has 1 aromatic heterocycles. The van der Waals surface area contributed by atoms with E-state index in [2.05, 4.69) is 20.6 Å². The van der Waals surface area contributed by atoms with Crippen molar-refractivity contribution in [3.05, 3.63) is 16.3 Å². The topological polar surface area (TPSA) is 145 Å². The van der Waals surface area contributed by atoms with Crippen LogP contribution in [0.5, 0.6) is 0 Å². The van der Waals surface area contributed by atoms with Crippen LogP contribution in [0.2, 0.25) is 0 Å². The third-order valence-corrected chi connectivity index (χ3v) is 5.25. The normalized spacial score (nSPS) is 28.3. The van der Waals surface area contributed by atoms with Crippen molar-refractivity contribution in [2.24, 2.45) is 11.7 Å². The minimum atomic E-state index is -0.488. The van der Waals surface area contributed by atoms with Gasteiger partial charge in [0.05, 0.1) is 11.0 Å². The van der Waals surface area contributed by atoms with Gasteiger partial charge in [0.1, 0.15) is 6.20 Å². The van der Waals surface area contributed by atoms with Crippen LogP contribution in [-0.2, 0) is 9.53 Å². The lowest BCUT2D eigenvalue weighted by atomic mass is 9.85. The first-order valence-electron chi connectivity index (χ1n) is 9.37. The van der Waals surface area contributed by atoms with Crippen molar-refractivity contribution < 1.29 is 14.5 Å². The quantitative estimate of drug-likeness (QED) is 0.502. The summed E-state index contributed by atoms with van der Waals surface area (Å²) in [5, 5.41) is 17.8. The molecular weight excluding hydrogens is 352 g/mol. The van der Waals surface area contributed by atoms with E-state index < -0.39 is 4.92 Å². The van der Waals surface area contributed by atoms with Crippen LogP contribution in [0.4, 0.5) is 17.5 Å². The molecule has 4 N–H and O–H groups in total. The minimum absolute atomic E-state index is 0.0187. The molecule has 0 bridgehead atoms. The summed E-state index contributed by atoms with van der Waals surface area (Å²) in [6.45, 7) is 2.68. The average molecular weight is 378 g/mol. The number of hydrogen-bond donors (Lipinski definition) is 3. The molecule has 3 rings (SSSR count). The monoisotopic (exact) mass is 378 g/mol. The van der Waals surface area contributed by atoms with Crippen molar-refractivity contribution in [1.82, 2.24) is 9.97 Å². The zero-order valence-electron chi connectivity index (χ0n) is 15.4. The number of nitrogens with zero attached hydrogens (tertiary/aromatic N) is 3. The van der Waals surface area contributed by atoms with E-state index in [1.165, 1.54) is 6.20 Å². The number of nitrogens with one attached hydrogen (secondary N) is 2. The van der Waals surface area contributed by atoms with Gasteiger partial charge in [0.15, 0.2) is 0 Å². The van der Waals surface area contributed by atoms with Gasteiger partial charge in [-0.1, -0.05) is 0 Å². The Balaban J connectivity index is 1.68. The van der Waals surface area contributed by atoms with Crippen molar-refractivity contribution >= 4 is 23.4 Å². The Kier molecular flexibility index (Phi) is 6.04. The molecule has 0 spiro atoms. The van der Waals surface area contributed by atoms with Crippen LogP contribution in [0.15, 0.2) is 6.20 Å². The molecule has 0 unspecified atom stereocenters. The lowest BCUT2D eigenvalue weighted by Gasteiger charge is -2.29. The van der Waals surface area contributed by atoms with Crippen LogP contribution in [0.25, 0.3) is 0 Å². The number of aromatic nitrogens is 2. The van der Waals surface area contributed by atoms with Gasteiger partial charge in [-0.25, -0.2) is 4.98 Å². The molecule has 1 aromatic rings. The number of nitro groups is 1. The van der Waals surface area contributed by atoms with Gasteiger partial charge >= 0.3 is 5.69 Å². The van der Waals surface area contributed by atoms with Crippen molar-refractivity contribution in [2.45, 2.75) is 63.6 Å². The number of nitrogens with two attached hydrogens (primary N) is 1. The molecule has 2 fully saturated rings. The van der Waals surface area contributed by atoms with Crippen molar-refractivity contribution in [3.63, 3.8) is 0 Å². The third-order valence-electron chi connectivity index (χ3n) is 5.25. The SMILES string of the molecule is C[C@H]1C[C@@H](Nc2ncc([N+](=O)[O-])c(NC3CCC(C(N)=O)CC3)n2)CCO1. The van der Waals surface area contributed by atoms with Crippen LogP contribution >= 0.6 is 0 Å². The Morgan fingerprint density at radius 2 is 2.00 bits per heavy atom. The van der Waals surface area contributed by atoms with Crippen LogP contribution in [0.1, 0.15) is 45.4 Å². The van der Waals surface area contributed by atoms with E-state index in [1.54, 1.807) is 0 Å². The number of rotatable bonds is 6. The molecule has 10 nitrogen and oxygen atoms in total. The molecular formula is C17H26N6O4. The number of carbonyl (C=O) groups is 1. The summed E-state index contributed by atoms with van der Waals surface area (Å²) in [6, 6.07) is 0.194. The van der Waals surface area contributed by atoms with Crippen molar-refractivity contribution in [1.29, 1.82) is 0 Å². The van der Waals surface area contributed by atoms with Gasteiger partial charge in [-0.2, -0.15) is 4.98 Å². The Hall–Kier alpha value is -2.49. The largest absolute Gasteiger partial charge is 0.378 e. The second kappa shape index (κ2) is 8.47. The Labute approximate surface area is 157 Å². The Bertz CT molecular complexity index is 692. The first-order chi connectivity index (χ1) is 12.9. The van der Waals surface area contributed by atoms with Crippen LogP contribution < -0.4 is 16.4 Å². The summed E-state index contributed by atoms with van der Waals surface area (Å²) in [4.78, 5) is 30.6. The predicted molar refractivity (Wildman–Crippen MR) is 99.3 cm³/mol. The van der Waals surface area contributed by atoms with Gasteiger partial charge in [-0.3, -0.25) is 14.9 Å². The molecule has 2 aliphatic rings. The molecule has 27 heavy (non-hydrogen) atoms. The summed E-state index contributed by atoms with van der Waals surface area (Å²) < 4.78 is 5.53. The number of carbonyl (C=O) groups excluding carboxylic acids is 1. The molecule has 0 aromatic carbocycles. The third kappa shape index (κ3) is 5.03. The average Bonchev–Trinajstić information content (AvgIpc) is 2.62. The number of primary amides is 1. The molecule has 1 saturated carbocycles. The second-order valence-electron chi connectivity index (χ2n) is 7.33. The summed E-state index contributed by atoms with van der Waals surface area (Å²) in [5.74, 6) is 0.183. The highest BCUT2D eigenvalue weighted by atomic mass is 16.6. The van der Waals surface area contributed by atoms with E-state index in [1.807, 2.05) is 6.92 Å². The van der Waals surface area contributed by atoms with E-state index >= 15 is 0 Å². The van der Waals surface area contributed by atoms with Crippen LogP contribution in [-0.4, -0.2) is 45.6 Å². The van der Waals surface area contributed by atoms with Gasteiger partial charge in [0.25, 0.3) is 0 Å². The second-order valence-corrected chi connectivity index (χ2v) is 7.33. The molecule has 1 saturated heterocycles. The van der Waals surface area contributed by atoms with Crippen molar-refractivity contribution in [2.75, 3.05) is 17.2 Å². The zero-order valence-corrected chi connectivity index (χ0v) is 15.4. The smallest absolute Gasteiger partial charge is 0.329 e. The highest BCUT2D eigenvalue weighted by molar-refractivity contribution is 5.76. The summed E-state index contributed by atoms with van der Waals surface area (Å²) in [6.07, 6.45) is 5.85. The van der Waals surface area contributed by atoms with E-state index in [9.17, 15) is 14.9 Å². The number of amides is 1. The maximum absolute atomic E-state index is 11.3. The number of hydrogen-bond acceptors (Lipinski definition) is 8. The number of ether oxygens (including phenoxy) is 1. The first-order valence-corrected chi connectivity index (χ1v) is 9.37. The van der Waals surface area contributed by atoms with Gasteiger partial charge < -0.3 is 21.1 Å². The molecule has 1 aliphatic carbocycles. The fourth-order valence-electron chi connectivity index (χ4n) is 3.71. The maximum atomic E-state index is 11.3. The minimum Gasteiger partial charge on any atom is -0.378 e. The standard InChI is InChI=1S/C17H26N6O4/c1-10-8-13(6-7-27-10)21-17-19-9-14(23(25)26)16(22-17)20-12-4-2-11(3-5-12)15(18)24/h9-13H,2-8H2,1H3,(H2,18,24)(H2,19,20,21,22)/t10-,11?,12?,13-/m0/s1. The fraction of sp³-hybridized carbons (Fsp3) is 0.706. The molecule has 2 atom stereocenters. The van der Waals surface area contributed by atoms with Gasteiger partial charge in [-0.05, 0) is 45.4 Å². The van der Waals surface area contributed by atoms with Crippen LogP contribution in [0, 0.1) is 16.0 Å². The Morgan fingerprint density at radius 3 is 2.63 bits per heavy atom. The molecule has 1 amide bonds. The maximum Gasteiger partial charge on any atom is 0.329 e. The summed E-state index contributed by atoms with van der Waals surface area (Å²) in [5.41, 5.74) is 5.21. The van der Waals surface area contributed by atoms with E-state index in [0.29, 0.717) is 25.4 Å². The molecule has 0 radical (unpaired) electrons. The molecule has 10 heteroatoms. The van der Waals surface area contributed by atoms with Gasteiger partial charge in [-0.15, -0.1) is 0 Å². The highest BCUT2D eigenvalue weighted by Crippen LogP contribution is 2.29. The molecule has 148 valence electrons. The van der Waals surface area contributed by atoms with Gasteiger partial charge in [0, 0.05) is 24.6 Å². The predicted octanol–water partition coefficient (Wildman–Crippen LogP) is 1.82. The fourth-order valence-corrected chi connectivity index (χ4v) is 3.71.